The van der Waals surface area contributed by atoms with Crippen LogP contribution in [-0.4, -0.2) is 73.2 Å². The van der Waals surface area contributed by atoms with E-state index in [1.165, 1.54) is 4.90 Å². The maximum absolute atomic E-state index is 12.1. The van der Waals surface area contributed by atoms with Crippen LogP contribution in [0.15, 0.2) is 0 Å². The third kappa shape index (κ3) is 6.86. The summed E-state index contributed by atoms with van der Waals surface area (Å²) < 4.78 is 5.59. The molecule has 0 aromatic carbocycles. The highest BCUT2D eigenvalue weighted by molar-refractivity contribution is 5.81. The van der Waals surface area contributed by atoms with E-state index in [-0.39, 0.29) is 18.6 Å². The van der Waals surface area contributed by atoms with Crippen LogP contribution < -0.4 is 0 Å². The number of aliphatic carboxylic acids is 1. The quantitative estimate of drug-likeness (QED) is 0.715. The van der Waals surface area contributed by atoms with Gasteiger partial charge in [-0.3, -0.25) is 9.59 Å². The van der Waals surface area contributed by atoms with Gasteiger partial charge in [0.15, 0.2) is 0 Å². The molecule has 6 heteroatoms. The number of amides is 1. The smallest absolute Gasteiger partial charge is 0.323 e. The molecule has 0 radical (unpaired) electrons. The molecule has 1 N–H and O–H groups in total. The molecule has 0 aromatic heterocycles. The van der Waals surface area contributed by atoms with E-state index in [1.54, 1.807) is 0 Å². The Balaban J connectivity index is 2.38. The van der Waals surface area contributed by atoms with Gasteiger partial charge in [0.2, 0.25) is 5.91 Å². The summed E-state index contributed by atoms with van der Waals surface area (Å²) in [5.41, 5.74) is 0. The summed E-state index contributed by atoms with van der Waals surface area (Å²) in [5, 5.41) is 8.88. The van der Waals surface area contributed by atoms with E-state index < -0.39 is 5.97 Å². The molecule has 0 spiro atoms. The summed E-state index contributed by atoms with van der Waals surface area (Å²) in [6.45, 7) is 1.67. The van der Waals surface area contributed by atoms with Gasteiger partial charge in [-0.05, 0) is 39.8 Å². The number of hydrogen-bond acceptors (Lipinski definition) is 4. The lowest BCUT2D eigenvalue weighted by atomic mass is 10.0. The van der Waals surface area contributed by atoms with Gasteiger partial charge in [0.05, 0.1) is 6.10 Å². The van der Waals surface area contributed by atoms with Crippen molar-refractivity contribution in [3.63, 3.8) is 0 Å². The van der Waals surface area contributed by atoms with Crippen molar-refractivity contribution in [2.75, 3.05) is 40.3 Å². The van der Waals surface area contributed by atoms with E-state index in [0.717, 1.165) is 25.9 Å². The summed E-state index contributed by atoms with van der Waals surface area (Å²) in [7, 11) is 3.80. The van der Waals surface area contributed by atoms with Gasteiger partial charge < -0.3 is 19.6 Å². The molecule has 1 amide bonds. The molecule has 116 valence electrons. The van der Waals surface area contributed by atoms with Crippen LogP contribution in [-0.2, 0) is 14.3 Å². The van der Waals surface area contributed by atoms with Crippen LogP contribution in [0, 0.1) is 0 Å². The lowest BCUT2D eigenvalue weighted by Gasteiger charge is -2.25. The van der Waals surface area contributed by atoms with Gasteiger partial charge >= 0.3 is 5.97 Å². The van der Waals surface area contributed by atoms with Crippen molar-refractivity contribution in [2.24, 2.45) is 0 Å². The molecular weight excluding hydrogens is 260 g/mol. The maximum Gasteiger partial charge on any atom is 0.323 e. The minimum Gasteiger partial charge on any atom is -0.480 e. The molecular formula is C14H26N2O4. The standard InChI is InChI=1S/C14H26N2O4/c1-15(2)8-9-16(11-14(18)19)13(17)7-6-12-5-3-4-10-20-12/h12H,3-11H2,1-2H3,(H,18,19). The second-order valence-corrected chi connectivity index (χ2v) is 5.54. The molecule has 1 atom stereocenters. The van der Waals surface area contributed by atoms with Crippen molar-refractivity contribution >= 4 is 11.9 Å². The number of nitrogens with zero attached hydrogens (tertiary/aromatic N) is 2. The molecule has 1 aliphatic heterocycles. The fraction of sp³-hybridized carbons (Fsp3) is 0.857. The third-order valence-electron chi connectivity index (χ3n) is 3.45. The Morgan fingerprint density at radius 1 is 1.25 bits per heavy atom. The molecule has 1 saturated heterocycles. The molecule has 1 aliphatic rings. The van der Waals surface area contributed by atoms with Gasteiger partial charge in [-0.1, -0.05) is 0 Å². The number of carbonyl (C=O) groups excluding carboxylic acids is 1. The lowest BCUT2D eigenvalue weighted by Crippen LogP contribution is -2.40. The van der Waals surface area contributed by atoms with E-state index in [4.69, 9.17) is 9.84 Å². The van der Waals surface area contributed by atoms with Crippen molar-refractivity contribution in [3.05, 3.63) is 0 Å². The number of hydrogen-bond donors (Lipinski definition) is 1. The minimum atomic E-state index is -0.967. The van der Waals surface area contributed by atoms with Crippen molar-refractivity contribution in [1.82, 2.24) is 9.80 Å². The van der Waals surface area contributed by atoms with Crippen LogP contribution >= 0.6 is 0 Å². The maximum atomic E-state index is 12.1. The fourth-order valence-corrected chi connectivity index (χ4v) is 2.25. The predicted molar refractivity (Wildman–Crippen MR) is 75.6 cm³/mol. The summed E-state index contributed by atoms with van der Waals surface area (Å²) in [6, 6.07) is 0. The summed E-state index contributed by atoms with van der Waals surface area (Å²) in [5.74, 6) is -1.06. The number of carbonyl (C=O) groups is 2. The summed E-state index contributed by atoms with van der Waals surface area (Å²) in [4.78, 5) is 26.3. The number of carboxylic acids is 1. The van der Waals surface area contributed by atoms with E-state index in [2.05, 4.69) is 0 Å². The summed E-state index contributed by atoms with van der Waals surface area (Å²) >= 11 is 0. The number of likely N-dealkylation sites (N-methyl/N-ethyl adjacent to an activating group) is 1. The molecule has 0 aliphatic carbocycles. The van der Waals surface area contributed by atoms with Crippen LogP contribution in [0.3, 0.4) is 0 Å². The number of ether oxygens (including phenoxy) is 1. The average molecular weight is 286 g/mol. The highest BCUT2D eigenvalue weighted by Gasteiger charge is 2.20. The summed E-state index contributed by atoms with van der Waals surface area (Å²) in [6.07, 6.45) is 4.47. The zero-order valence-corrected chi connectivity index (χ0v) is 12.5. The van der Waals surface area contributed by atoms with Crippen LogP contribution in [0.4, 0.5) is 0 Å². The largest absolute Gasteiger partial charge is 0.480 e. The van der Waals surface area contributed by atoms with Crippen molar-refractivity contribution in [2.45, 2.75) is 38.2 Å². The molecule has 20 heavy (non-hydrogen) atoms. The Morgan fingerprint density at radius 2 is 2.00 bits per heavy atom. The van der Waals surface area contributed by atoms with Gasteiger partial charge in [0.25, 0.3) is 0 Å². The van der Waals surface area contributed by atoms with Crippen LogP contribution in [0.2, 0.25) is 0 Å². The highest BCUT2D eigenvalue weighted by Crippen LogP contribution is 2.17. The predicted octanol–water partition coefficient (Wildman–Crippen LogP) is 0.811. The number of carboxylic acid groups (broad SMARTS) is 1. The van der Waals surface area contributed by atoms with Gasteiger partial charge in [-0.15, -0.1) is 0 Å². The first kappa shape index (κ1) is 16.9. The molecule has 0 saturated carbocycles. The van der Waals surface area contributed by atoms with E-state index in [1.807, 2.05) is 19.0 Å². The van der Waals surface area contributed by atoms with Gasteiger partial charge in [0, 0.05) is 26.1 Å². The van der Waals surface area contributed by atoms with Crippen molar-refractivity contribution in [1.29, 1.82) is 0 Å². The van der Waals surface area contributed by atoms with Gasteiger partial charge in [0.1, 0.15) is 6.54 Å². The highest BCUT2D eigenvalue weighted by atomic mass is 16.5. The lowest BCUT2D eigenvalue weighted by molar-refractivity contribution is -0.144. The fourth-order valence-electron chi connectivity index (χ4n) is 2.25. The molecule has 1 unspecified atom stereocenters. The first-order valence-electron chi connectivity index (χ1n) is 7.25. The van der Waals surface area contributed by atoms with Crippen LogP contribution in [0.5, 0.6) is 0 Å². The Bertz CT molecular complexity index is 314. The molecule has 0 aromatic rings. The Labute approximate surface area is 120 Å². The van der Waals surface area contributed by atoms with Gasteiger partial charge in [-0.25, -0.2) is 0 Å². The molecule has 6 nitrogen and oxygen atoms in total. The van der Waals surface area contributed by atoms with E-state index >= 15 is 0 Å². The third-order valence-corrected chi connectivity index (χ3v) is 3.45. The second kappa shape index (κ2) is 8.92. The van der Waals surface area contributed by atoms with E-state index in [9.17, 15) is 9.59 Å². The molecule has 1 rings (SSSR count). The monoisotopic (exact) mass is 286 g/mol. The Kier molecular flexibility index (Phi) is 7.54. The van der Waals surface area contributed by atoms with Crippen molar-refractivity contribution < 1.29 is 19.4 Å². The minimum absolute atomic E-state index is 0.0941. The van der Waals surface area contributed by atoms with E-state index in [0.29, 0.717) is 25.9 Å². The van der Waals surface area contributed by atoms with Gasteiger partial charge in [-0.2, -0.15) is 0 Å². The first-order chi connectivity index (χ1) is 9.49. The molecule has 1 fully saturated rings. The second-order valence-electron chi connectivity index (χ2n) is 5.54. The normalized spacial score (nSPS) is 19.1. The topological polar surface area (TPSA) is 70.1 Å². The number of rotatable bonds is 8. The zero-order valence-electron chi connectivity index (χ0n) is 12.5. The Hall–Kier alpha value is -1.14. The Morgan fingerprint density at radius 3 is 2.55 bits per heavy atom. The zero-order chi connectivity index (χ0) is 15.0. The van der Waals surface area contributed by atoms with Crippen molar-refractivity contribution in [3.8, 4) is 0 Å². The first-order valence-corrected chi connectivity index (χ1v) is 7.25. The molecule has 0 bridgehead atoms. The molecule has 1 heterocycles. The average Bonchev–Trinajstić information content (AvgIpc) is 2.41. The SMILES string of the molecule is CN(C)CCN(CC(=O)O)C(=O)CCC1CCCCO1. The van der Waals surface area contributed by atoms with Crippen LogP contribution in [0.1, 0.15) is 32.1 Å². The van der Waals surface area contributed by atoms with Crippen LogP contribution in [0.25, 0.3) is 0 Å².